The van der Waals surface area contributed by atoms with Gasteiger partial charge < -0.3 is 21.3 Å². The zero-order chi connectivity index (χ0) is 16.5. The highest BCUT2D eigenvalue weighted by molar-refractivity contribution is 6.30. The molecule has 1 aromatic rings. The van der Waals surface area contributed by atoms with Crippen molar-refractivity contribution in [1.29, 1.82) is 0 Å². The van der Waals surface area contributed by atoms with Gasteiger partial charge in [-0.1, -0.05) is 23.7 Å². The van der Waals surface area contributed by atoms with E-state index < -0.39 is 0 Å². The fraction of sp³-hybridized carbons (Fsp3) is 0.500. The molecule has 6 nitrogen and oxygen atoms in total. The minimum atomic E-state index is -0.364. The summed E-state index contributed by atoms with van der Waals surface area (Å²) in [6, 6.07) is 6.86. The Bertz CT molecular complexity index is 515. The molecule has 1 aliphatic rings. The summed E-state index contributed by atoms with van der Waals surface area (Å²) in [5.74, 6) is 0.365. The fourth-order valence-corrected chi connectivity index (χ4v) is 2.54. The summed E-state index contributed by atoms with van der Waals surface area (Å²) in [6.07, 6.45) is 2.16. The molecule has 126 valence electrons. The van der Waals surface area contributed by atoms with Crippen molar-refractivity contribution in [2.24, 2.45) is 5.92 Å². The summed E-state index contributed by atoms with van der Waals surface area (Å²) < 4.78 is 0. The molecule has 1 fully saturated rings. The van der Waals surface area contributed by atoms with E-state index in [0.29, 0.717) is 24.0 Å². The molecule has 1 heterocycles. The zero-order valence-corrected chi connectivity index (χ0v) is 13.8. The monoisotopic (exact) mass is 338 g/mol. The lowest BCUT2D eigenvalue weighted by atomic mass is 9.98. The van der Waals surface area contributed by atoms with Gasteiger partial charge in [-0.15, -0.1) is 0 Å². The lowest BCUT2D eigenvalue weighted by Crippen LogP contribution is -2.43. The van der Waals surface area contributed by atoms with Crippen LogP contribution in [0.3, 0.4) is 0 Å². The van der Waals surface area contributed by atoms with E-state index in [9.17, 15) is 9.59 Å². The number of carbonyl (C=O) groups excluding carboxylic acids is 2. The Hall–Kier alpha value is -1.79. The molecule has 0 unspecified atom stereocenters. The lowest BCUT2D eigenvalue weighted by Gasteiger charge is -2.22. The van der Waals surface area contributed by atoms with Gasteiger partial charge in [-0.2, -0.15) is 0 Å². The Kier molecular flexibility index (Phi) is 7.16. The highest BCUT2D eigenvalue weighted by Gasteiger charge is 2.14. The van der Waals surface area contributed by atoms with Crippen LogP contribution < -0.4 is 21.3 Å². The maximum Gasteiger partial charge on any atom is 0.315 e. The summed E-state index contributed by atoms with van der Waals surface area (Å²) >= 11 is 5.80. The number of halogens is 1. The van der Waals surface area contributed by atoms with Crippen LogP contribution in [0, 0.1) is 5.92 Å². The first-order chi connectivity index (χ1) is 11.1. The normalized spacial score (nSPS) is 15.0. The SMILES string of the molecule is O=C(CNC(=O)NCc1ccc(Cl)cc1)NCC1CCNCC1. The molecular weight excluding hydrogens is 316 g/mol. The predicted octanol–water partition coefficient (Wildman–Crippen LogP) is 1.26. The van der Waals surface area contributed by atoms with Crippen molar-refractivity contribution >= 4 is 23.5 Å². The predicted molar refractivity (Wildman–Crippen MR) is 90.3 cm³/mol. The van der Waals surface area contributed by atoms with Crippen molar-refractivity contribution in [1.82, 2.24) is 21.3 Å². The second kappa shape index (κ2) is 9.37. The average molecular weight is 339 g/mol. The van der Waals surface area contributed by atoms with E-state index >= 15 is 0 Å². The van der Waals surface area contributed by atoms with Gasteiger partial charge in [-0.05, 0) is 49.5 Å². The van der Waals surface area contributed by atoms with Gasteiger partial charge in [-0.25, -0.2) is 4.79 Å². The van der Waals surface area contributed by atoms with Crippen molar-refractivity contribution in [2.75, 3.05) is 26.2 Å². The largest absolute Gasteiger partial charge is 0.354 e. The molecule has 1 aromatic carbocycles. The van der Waals surface area contributed by atoms with E-state index in [-0.39, 0.29) is 18.5 Å². The number of amides is 3. The van der Waals surface area contributed by atoms with Gasteiger partial charge >= 0.3 is 6.03 Å². The summed E-state index contributed by atoms with van der Waals surface area (Å²) in [5.41, 5.74) is 0.944. The molecule has 0 bridgehead atoms. The number of hydrogen-bond acceptors (Lipinski definition) is 3. The van der Waals surface area contributed by atoms with Gasteiger partial charge in [0.15, 0.2) is 0 Å². The summed E-state index contributed by atoms with van der Waals surface area (Å²) in [7, 11) is 0. The molecular formula is C16H23ClN4O2. The van der Waals surface area contributed by atoms with Gasteiger partial charge in [0.1, 0.15) is 0 Å². The molecule has 0 radical (unpaired) electrons. The third kappa shape index (κ3) is 6.88. The quantitative estimate of drug-likeness (QED) is 0.630. The highest BCUT2D eigenvalue weighted by atomic mass is 35.5. The number of hydrogen-bond donors (Lipinski definition) is 4. The fourth-order valence-electron chi connectivity index (χ4n) is 2.41. The average Bonchev–Trinajstić information content (AvgIpc) is 2.58. The molecule has 0 atom stereocenters. The van der Waals surface area contributed by atoms with E-state index in [2.05, 4.69) is 21.3 Å². The molecule has 0 aromatic heterocycles. The van der Waals surface area contributed by atoms with Crippen LogP contribution in [-0.2, 0) is 11.3 Å². The van der Waals surface area contributed by atoms with Gasteiger partial charge in [0.2, 0.25) is 5.91 Å². The molecule has 7 heteroatoms. The van der Waals surface area contributed by atoms with Gasteiger partial charge in [-0.3, -0.25) is 4.79 Å². The van der Waals surface area contributed by atoms with Crippen LogP contribution in [0.25, 0.3) is 0 Å². The second-order valence-corrected chi connectivity index (χ2v) is 6.10. The highest BCUT2D eigenvalue weighted by Crippen LogP contribution is 2.10. The first-order valence-electron chi connectivity index (χ1n) is 7.87. The van der Waals surface area contributed by atoms with Crippen molar-refractivity contribution in [2.45, 2.75) is 19.4 Å². The smallest absolute Gasteiger partial charge is 0.315 e. The third-order valence-electron chi connectivity index (χ3n) is 3.82. The number of nitrogens with one attached hydrogen (secondary N) is 4. The molecule has 0 aliphatic carbocycles. The molecule has 3 amide bonds. The minimum Gasteiger partial charge on any atom is -0.354 e. The Labute approximate surface area is 141 Å². The lowest BCUT2D eigenvalue weighted by molar-refractivity contribution is -0.120. The molecule has 0 saturated carbocycles. The van der Waals surface area contributed by atoms with Crippen molar-refractivity contribution in [3.05, 3.63) is 34.9 Å². The van der Waals surface area contributed by atoms with E-state index in [1.807, 2.05) is 12.1 Å². The Morgan fingerprint density at radius 2 is 1.78 bits per heavy atom. The minimum absolute atomic E-state index is 0.0164. The third-order valence-corrected chi connectivity index (χ3v) is 4.07. The van der Waals surface area contributed by atoms with Crippen LogP contribution in [0.15, 0.2) is 24.3 Å². The van der Waals surface area contributed by atoms with Crippen LogP contribution in [-0.4, -0.2) is 38.1 Å². The number of rotatable bonds is 6. The van der Waals surface area contributed by atoms with Gasteiger partial charge in [0.05, 0.1) is 6.54 Å². The number of piperidine rings is 1. The van der Waals surface area contributed by atoms with Crippen molar-refractivity contribution in [3.63, 3.8) is 0 Å². The maximum atomic E-state index is 11.7. The molecule has 1 saturated heterocycles. The number of benzene rings is 1. The van der Waals surface area contributed by atoms with E-state index in [1.165, 1.54) is 0 Å². The molecule has 1 aliphatic heterocycles. The summed E-state index contributed by atoms with van der Waals surface area (Å²) in [4.78, 5) is 23.4. The zero-order valence-electron chi connectivity index (χ0n) is 13.0. The van der Waals surface area contributed by atoms with Crippen LogP contribution in [0.4, 0.5) is 4.79 Å². The summed E-state index contributed by atoms with van der Waals surface area (Å²) in [6.45, 7) is 3.06. The van der Waals surface area contributed by atoms with Crippen LogP contribution in [0.1, 0.15) is 18.4 Å². The van der Waals surface area contributed by atoms with E-state index in [1.54, 1.807) is 12.1 Å². The van der Waals surface area contributed by atoms with E-state index in [0.717, 1.165) is 31.5 Å². The second-order valence-electron chi connectivity index (χ2n) is 5.66. The van der Waals surface area contributed by atoms with Crippen molar-refractivity contribution in [3.8, 4) is 0 Å². The van der Waals surface area contributed by atoms with Crippen LogP contribution in [0.2, 0.25) is 5.02 Å². The molecule has 0 spiro atoms. The summed E-state index contributed by atoms with van der Waals surface area (Å²) in [5, 5.41) is 12.1. The Balaban J connectivity index is 1.57. The van der Waals surface area contributed by atoms with Crippen molar-refractivity contribution < 1.29 is 9.59 Å². The Morgan fingerprint density at radius 3 is 2.48 bits per heavy atom. The van der Waals surface area contributed by atoms with Gasteiger partial charge in [0, 0.05) is 18.1 Å². The van der Waals surface area contributed by atoms with Crippen LogP contribution in [0.5, 0.6) is 0 Å². The maximum absolute atomic E-state index is 11.7. The Morgan fingerprint density at radius 1 is 1.09 bits per heavy atom. The number of carbonyl (C=O) groups is 2. The topological polar surface area (TPSA) is 82.3 Å². The first-order valence-corrected chi connectivity index (χ1v) is 8.25. The van der Waals surface area contributed by atoms with Gasteiger partial charge in [0.25, 0.3) is 0 Å². The number of urea groups is 1. The standard InChI is InChI=1S/C16H23ClN4O2/c17-14-3-1-12(2-4-14)10-20-16(23)21-11-15(22)19-9-13-5-7-18-8-6-13/h1-4,13,18H,5-11H2,(H,19,22)(H2,20,21,23). The molecule has 2 rings (SSSR count). The molecule has 23 heavy (non-hydrogen) atoms. The van der Waals surface area contributed by atoms with Crippen LogP contribution >= 0.6 is 11.6 Å². The molecule has 4 N–H and O–H groups in total. The van der Waals surface area contributed by atoms with E-state index in [4.69, 9.17) is 11.6 Å². The first kappa shape index (κ1) is 17.6.